The number of nitro benzene ring substituents is 1. The number of nitrogens with one attached hydrogen (secondary N) is 1. The Hall–Kier alpha value is -1.65. The molecule has 104 valence electrons. The Bertz CT molecular complexity index is 479. The monoisotopic (exact) mass is 266 g/mol. The van der Waals surface area contributed by atoms with E-state index in [1.54, 1.807) is 0 Å². The molecule has 1 aromatic carbocycles. The zero-order valence-corrected chi connectivity index (χ0v) is 11.2. The van der Waals surface area contributed by atoms with Crippen LogP contribution in [0.3, 0.4) is 0 Å². The SMILES string of the molecule is CC1CCC(C)C(Nc2ccc([N+](=O)[O-])cc2F)C1. The van der Waals surface area contributed by atoms with Gasteiger partial charge in [0.2, 0.25) is 0 Å². The lowest BCUT2D eigenvalue weighted by Gasteiger charge is -2.34. The van der Waals surface area contributed by atoms with Gasteiger partial charge in [-0.15, -0.1) is 0 Å². The van der Waals surface area contributed by atoms with E-state index in [-0.39, 0.29) is 11.7 Å². The fraction of sp³-hybridized carbons (Fsp3) is 0.571. The normalized spacial score (nSPS) is 27.0. The lowest BCUT2D eigenvalue weighted by molar-refractivity contribution is -0.385. The van der Waals surface area contributed by atoms with Crippen molar-refractivity contribution in [2.45, 2.75) is 39.2 Å². The van der Waals surface area contributed by atoms with E-state index in [9.17, 15) is 14.5 Å². The van der Waals surface area contributed by atoms with E-state index in [0.717, 1.165) is 18.9 Å². The molecule has 1 fully saturated rings. The molecule has 0 saturated heterocycles. The van der Waals surface area contributed by atoms with Crippen molar-refractivity contribution in [3.8, 4) is 0 Å². The lowest BCUT2D eigenvalue weighted by atomic mass is 9.80. The fourth-order valence-corrected chi connectivity index (χ4v) is 2.67. The first-order valence-electron chi connectivity index (χ1n) is 6.68. The molecular weight excluding hydrogens is 247 g/mol. The standard InChI is InChI=1S/C14H19FN2O2/c1-9-3-4-10(2)14(7-9)16-13-6-5-11(17(18)19)8-12(13)15/h5-6,8-10,14,16H,3-4,7H2,1-2H3. The molecule has 1 aliphatic rings. The van der Waals surface area contributed by atoms with Crippen molar-refractivity contribution in [1.29, 1.82) is 0 Å². The molecule has 2 rings (SSSR count). The van der Waals surface area contributed by atoms with Gasteiger partial charge in [0.15, 0.2) is 5.82 Å². The summed E-state index contributed by atoms with van der Waals surface area (Å²) in [6.45, 7) is 4.36. The Morgan fingerprint density at radius 3 is 2.74 bits per heavy atom. The summed E-state index contributed by atoms with van der Waals surface area (Å²) < 4.78 is 13.8. The Morgan fingerprint density at radius 1 is 1.37 bits per heavy atom. The van der Waals surface area contributed by atoms with Crippen molar-refractivity contribution in [3.05, 3.63) is 34.1 Å². The van der Waals surface area contributed by atoms with E-state index in [0.29, 0.717) is 17.5 Å². The summed E-state index contributed by atoms with van der Waals surface area (Å²) in [5.41, 5.74) is 0.143. The molecule has 0 aromatic heterocycles. The maximum Gasteiger partial charge on any atom is 0.272 e. The summed E-state index contributed by atoms with van der Waals surface area (Å²) in [5.74, 6) is 0.570. The van der Waals surface area contributed by atoms with Gasteiger partial charge in [-0.05, 0) is 30.7 Å². The Balaban J connectivity index is 2.12. The van der Waals surface area contributed by atoms with Crippen LogP contribution in [0.4, 0.5) is 15.8 Å². The molecule has 0 spiro atoms. The van der Waals surface area contributed by atoms with Crippen molar-refractivity contribution in [1.82, 2.24) is 0 Å². The average molecular weight is 266 g/mol. The second kappa shape index (κ2) is 5.55. The number of hydrogen-bond donors (Lipinski definition) is 1. The summed E-state index contributed by atoms with van der Waals surface area (Å²) in [5, 5.41) is 13.8. The number of hydrogen-bond acceptors (Lipinski definition) is 3. The molecule has 0 heterocycles. The minimum Gasteiger partial charge on any atom is -0.380 e. The Labute approximate surface area is 112 Å². The van der Waals surface area contributed by atoms with Crippen LogP contribution in [0.5, 0.6) is 0 Å². The second-order valence-electron chi connectivity index (χ2n) is 5.57. The van der Waals surface area contributed by atoms with Crippen LogP contribution in [0, 0.1) is 27.8 Å². The van der Waals surface area contributed by atoms with Gasteiger partial charge in [0.25, 0.3) is 5.69 Å². The van der Waals surface area contributed by atoms with Crippen LogP contribution in [0.25, 0.3) is 0 Å². The average Bonchev–Trinajstić information content (AvgIpc) is 2.36. The molecule has 4 nitrogen and oxygen atoms in total. The molecule has 5 heteroatoms. The molecule has 0 bridgehead atoms. The molecule has 19 heavy (non-hydrogen) atoms. The number of benzene rings is 1. The van der Waals surface area contributed by atoms with Gasteiger partial charge in [0.1, 0.15) is 0 Å². The second-order valence-corrected chi connectivity index (χ2v) is 5.57. The van der Waals surface area contributed by atoms with Gasteiger partial charge >= 0.3 is 0 Å². The van der Waals surface area contributed by atoms with Gasteiger partial charge < -0.3 is 5.32 Å². The molecule has 3 atom stereocenters. The van der Waals surface area contributed by atoms with Crippen molar-refractivity contribution >= 4 is 11.4 Å². The summed E-state index contributed by atoms with van der Waals surface area (Å²) in [6, 6.07) is 4.00. The molecule has 1 N–H and O–H groups in total. The van der Waals surface area contributed by atoms with Gasteiger partial charge in [0, 0.05) is 12.1 Å². The van der Waals surface area contributed by atoms with E-state index in [4.69, 9.17) is 0 Å². The van der Waals surface area contributed by atoms with Gasteiger partial charge in [0.05, 0.1) is 16.7 Å². The number of halogens is 1. The highest BCUT2D eigenvalue weighted by molar-refractivity contribution is 5.50. The molecule has 1 aromatic rings. The van der Waals surface area contributed by atoms with Crippen LogP contribution in [0.2, 0.25) is 0 Å². The van der Waals surface area contributed by atoms with E-state index in [1.165, 1.54) is 18.6 Å². The molecule has 3 unspecified atom stereocenters. The van der Waals surface area contributed by atoms with E-state index >= 15 is 0 Å². The van der Waals surface area contributed by atoms with Gasteiger partial charge in [-0.25, -0.2) is 4.39 Å². The molecule has 0 aliphatic heterocycles. The first-order chi connectivity index (χ1) is 8.97. The smallest absolute Gasteiger partial charge is 0.272 e. The third kappa shape index (κ3) is 3.22. The molecule has 0 amide bonds. The highest BCUT2D eigenvalue weighted by atomic mass is 19.1. The number of nitrogens with zero attached hydrogens (tertiary/aromatic N) is 1. The molecular formula is C14H19FN2O2. The highest BCUT2D eigenvalue weighted by Gasteiger charge is 2.26. The van der Waals surface area contributed by atoms with Crippen LogP contribution in [-0.2, 0) is 0 Å². The number of rotatable bonds is 3. The summed E-state index contributed by atoms with van der Waals surface area (Å²) >= 11 is 0. The van der Waals surface area contributed by atoms with Crippen LogP contribution >= 0.6 is 0 Å². The van der Waals surface area contributed by atoms with Gasteiger partial charge in [-0.3, -0.25) is 10.1 Å². The van der Waals surface area contributed by atoms with Crippen LogP contribution in [-0.4, -0.2) is 11.0 Å². The highest BCUT2D eigenvalue weighted by Crippen LogP contribution is 2.31. The lowest BCUT2D eigenvalue weighted by Crippen LogP contribution is -2.33. The quantitative estimate of drug-likeness (QED) is 0.665. The molecule has 1 saturated carbocycles. The predicted molar refractivity (Wildman–Crippen MR) is 72.6 cm³/mol. The summed E-state index contributed by atoms with van der Waals surface area (Å²) in [4.78, 5) is 9.98. The number of anilines is 1. The largest absolute Gasteiger partial charge is 0.380 e. The third-order valence-electron chi connectivity index (χ3n) is 3.96. The minimum atomic E-state index is -0.585. The van der Waals surface area contributed by atoms with Crippen molar-refractivity contribution < 1.29 is 9.31 Å². The maximum atomic E-state index is 13.8. The van der Waals surface area contributed by atoms with Crippen LogP contribution in [0.15, 0.2) is 18.2 Å². The van der Waals surface area contributed by atoms with E-state index < -0.39 is 10.7 Å². The Kier molecular flexibility index (Phi) is 4.02. The third-order valence-corrected chi connectivity index (χ3v) is 3.96. The minimum absolute atomic E-state index is 0.215. The zero-order chi connectivity index (χ0) is 14.0. The van der Waals surface area contributed by atoms with Crippen molar-refractivity contribution in [2.24, 2.45) is 11.8 Å². The molecule has 0 radical (unpaired) electrons. The van der Waals surface area contributed by atoms with Gasteiger partial charge in [-0.2, -0.15) is 0 Å². The predicted octanol–water partition coefficient (Wildman–Crippen LogP) is 3.97. The van der Waals surface area contributed by atoms with Gasteiger partial charge in [-0.1, -0.05) is 20.3 Å². The maximum absolute atomic E-state index is 13.8. The topological polar surface area (TPSA) is 55.2 Å². The Morgan fingerprint density at radius 2 is 2.11 bits per heavy atom. The zero-order valence-electron chi connectivity index (χ0n) is 11.2. The summed E-state index contributed by atoms with van der Waals surface area (Å²) in [7, 11) is 0. The van der Waals surface area contributed by atoms with E-state index in [1.807, 2.05) is 0 Å². The fourth-order valence-electron chi connectivity index (χ4n) is 2.67. The number of nitro groups is 1. The molecule has 1 aliphatic carbocycles. The summed E-state index contributed by atoms with van der Waals surface area (Å²) in [6.07, 6.45) is 3.35. The van der Waals surface area contributed by atoms with Crippen molar-refractivity contribution in [3.63, 3.8) is 0 Å². The van der Waals surface area contributed by atoms with Crippen molar-refractivity contribution in [2.75, 3.05) is 5.32 Å². The number of non-ortho nitro benzene ring substituents is 1. The van der Waals surface area contributed by atoms with Crippen LogP contribution in [0.1, 0.15) is 33.1 Å². The van der Waals surface area contributed by atoms with E-state index in [2.05, 4.69) is 19.2 Å². The first kappa shape index (κ1) is 13.8. The van der Waals surface area contributed by atoms with Crippen LogP contribution < -0.4 is 5.32 Å². The first-order valence-corrected chi connectivity index (χ1v) is 6.68.